The normalized spacial score (nSPS) is 14.2. The number of fused-ring (bicyclic) bond motifs is 1. The van der Waals surface area contributed by atoms with Crippen LogP contribution in [0, 0.1) is 6.92 Å². The number of hydrogen-bond donors (Lipinski definition) is 1. The number of hydrogen-bond acceptors (Lipinski definition) is 4. The number of halogens is 3. The number of benzene rings is 1. The maximum absolute atomic E-state index is 12.8. The Morgan fingerprint density at radius 1 is 1.12 bits per heavy atom. The highest BCUT2D eigenvalue weighted by Crippen LogP contribution is 2.42. The molecule has 0 spiro atoms. The first-order valence-corrected chi connectivity index (χ1v) is 8.43. The quantitative estimate of drug-likeness (QED) is 0.736. The van der Waals surface area contributed by atoms with Crippen molar-refractivity contribution in [3.8, 4) is 0 Å². The van der Waals surface area contributed by atoms with Gasteiger partial charge in [-0.2, -0.15) is 13.2 Å². The van der Waals surface area contributed by atoms with Crippen molar-refractivity contribution in [3.63, 3.8) is 0 Å². The number of rotatable bonds is 2. The molecule has 1 saturated carbocycles. The van der Waals surface area contributed by atoms with Gasteiger partial charge in [0.2, 0.25) is 11.8 Å². The Kier molecular flexibility index (Phi) is 4.84. The summed E-state index contributed by atoms with van der Waals surface area (Å²) in [7, 11) is 0. The van der Waals surface area contributed by atoms with Crippen molar-refractivity contribution < 1.29 is 13.2 Å². The number of anilines is 1. The maximum atomic E-state index is 12.8. The number of imidazole rings is 1. The molecule has 0 radical (unpaired) electrons. The van der Waals surface area contributed by atoms with Gasteiger partial charge in [0.1, 0.15) is 5.52 Å². The lowest BCUT2D eigenvalue weighted by molar-refractivity contribution is -0.144. The number of nitrogens with zero attached hydrogens (tertiary/aromatic N) is 4. The van der Waals surface area contributed by atoms with E-state index in [1.807, 2.05) is 18.2 Å². The van der Waals surface area contributed by atoms with Crippen molar-refractivity contribution in [2.75, 3.05) is 5.73 Å². The molecule has 0 bridgehead atoms. The molecular weight excluding hydrogens is 343 g/mol. The van der Waals surface area contributed by atoms with Crippen molar-refractivity contribution in [3.05, 3.63) is 47.4 Å². The Bertz CT molecular complexity index is 899. The molecule has 1 aliphatic rings. The monoisotopic (exact) mass is 363 g/mol. The molecule has 2 heterocycles. The second-order valence-electron chi connectivity index (χ2n) is 6.25. The van der Waals surface area contributed by atoms with E-state index in [-0.39, 0.29) is 17.5 Å². The van der Waals surface area contributed by atoms with Crippen LogP contribution in [0.5, 0.6) is 0 Å². The fourth-order valence-electron chi connectivity index (χ4n) is 2.65. The first kappa shape index (κ1) is 18.2. The molecule has 5 nitrogen and oxygen atoms in total. The summed E-state index contributed by atoms with van der Waals surface area (Å²) in [6.07, 6.45) is -2.89. The SMILES string of the molecule is CCn1c(N)nc2c(C3CC3)nc(C(F)(F)F)nc21.Cc1ccccc1. The first-order valence-electron chi connectivity index (χ1n) is 8.43. The van der Waals surface area contributed by atoms with Crippen molar-refractivity contribution >= 4 is 17.1 Å². The van der Waals surface area contributed by atoms with Crippen LogP contribution in [-0.4, -0.2) is 19.5 Å². The summed E-state index contributed by atoms with van der Waals surface area (Å²) in [5.74, 6) is -0.893. The summed E-state index contributed by atoms with van der Waals surface area (Å²) < 4.78 is 40.0. The lowest BCUT2D eigenvalue weighted by Gasteiger charge is -2.08. The summed E-state index contributed by atoms with van der Waals surface area (Å²) >= 11 is 0. The Balaban J connectivity index is 0.000000236. The molecule has 4 rings (SSSR count). The summed E-state index contributed by atoms with van der Waals surface area (Å²) in [4.78, 5) is 11.4. The molecular formula is C18H20F3N5. The molecule has 2 N–H and O–H groups in total. The number of aromatic nitrogens is 4. The average molecular weight is 363 g/mol. The molecule has 1 fully saturated rings. The number of alkyl halides is 3. The van der Waals surface area contributed by atoms with Crippen LogP contribution in [0.15, 0.2) is 30.3 Å². The fourth-order valence-corrected chi connectivity index (χ4v) is 2.65. The molecule has 0 amide bonds. The largest absolute Gasteiger partial charge is 0.451 e. The van der Waals surface area contributed by atoms with Crippen LogP contribution >= 0.6 is 0 Å². The van der Waals surface area contributed by atoms with Crippen molar-refractivity contribution in [2.24, 2.45) is 0 Å². The average Bonchev–Trinajstić information content (AvgIpc) is 3.37. The summed E-state index contributed by atoms with van der Waals surface area (Å²) in [5, 5.41) is 0. The van der Waals surface area contributed by atoms with E-state index in [9.17, 15) is 13.2 Å². The Morgan fingerprint density at radius 3 is 2.23 bits per heavy atom. The number of aryl methyl sites for hydroxylation is 2. The molecule has 0 unspecified atom stereocenters. The van der Waals surface area contributed by atoms with E-state index in [2.05, 4.69) is 34.0 Å². The number of nitrogens with two attached hydrogens (primary N) is 1. The summed E-state index contributed by atoms with van der Waals surface area (Å²) in [5.41, 5.74) is 7.98. The van der Waals surface area contributed by atoms with E-state index in [1.54, 1.807) is 6.92 Å². The van der Waals surface area contributed by atoms with Crippen molar-refractivity contribution in [2.45, 2.75) is 45.3 Å². The fraction of sp³-hybridized carbons (Fsp3) is 0.389. The third kappa shape index (κ3) is 3.79. The Hall–Kier alpha value is -2.64. The molecule has 0 atom stereocenters. The van der Waals surface area contributed by atoms with E-state index < -0.39 is 12.0 Å². The second kappa shape index (κ2) is 6.93. The molecule has 0 saturated heterocycles. The zero-order valence-electron chi connectivity index (χ0n) is 14.6. The predicted octanol–water partition coefficient (Wildman–Crippen LogP) is 4.32. The highest BCUT2D eigenvalue weighted by molar-refractivity contribution is 5.77. The van der Waals surface area contributed by atoms with Crippen LogP contribution in [-0.2, 0) is 12.7 Å². The highest BCUT2D eigenvalue weighted by atomic mass is 19.4. The third-order valence-electron chi connectivity index (χ3n) is 4.13. The van der Waals surface area contributed by atoms with Crippen LogP contribution < -0.4 is 5.73 Å². The lowest BCUT2D eigenvalue weighted by Crippen LogP contribution is -2.13. The minimum Gasteiger partial charge on any atom is -0.369 e. The van der Waals surface area contributed by atoms with Gasteiger partial charge >= 0.3 is 6.18 Å². The molecule has 8 heteroatoms. The van der Waals surface area contributed by atoms with Gasteiger partial charge in [-0.3, -0.25) is 4.57 Å². The van der Waals surface area contributed by atoms with Gasteiger partial charge in [-0.25, -0.2) is 15.0 Å². The van der Waals surface area contributed by atoms with Gasteiger partial charge in [0.05, 0.1) is 5.69 Å². The third-order valence-corrected chi connectivity index (χ3v) is 4.13. The van der Waals surface area contributed by atoms with E-state index in [1.165, 1.54) is 10.1 Å². The van der Waals surface area contributed by atoms with Gasteiger partial charge in [0.25, 0.3) is 0 Å². The lowest BCUT2D eigenvalue weighted by atomic mass is 10.2. The Labute approximate surface area is 149 Å². The van der Waals surface area contributed by atoms with E-state index in [0.29, 0.717) is 17.8 Å². The highest BCUT2D eigenvalue weighted by Gasteiger charge is 2.38. The molecule has 138 valence electrons. The Morgan fingerprint density at radius 2 is 1.77 bits per heavy atom. The van der Waals surface area contributed by atoms with Gasteiger partial charge in [0, 0.05) is 12.5 Å². The molecule has 1 aromatic carbocycles. The maximum Gasteiger partial charge on any atom is 0.451 e. The minimum atomic E-state index is -4.56. The van der Waals surface area contributed by atoms with Crippen LogP contribution in [0.1, 0.15) is 42.8 Å². The standard InChI is InChI=1S/C11H12F3N5.C7H8/c1-2-19-8-7(17-10(19)15)6(5-3-4-5)16-9(18-8)11(12,13)14;1-7-5-3-2-4-6-7/h5H,2-4H2,1H3,(H2,15,17);2-6H,1H3. The van der Waals surface area contributed by atoms with Crippen LogP contribution in [0.4, 0.5) is 19.1 Å². The van der Waals surface area contributed by atoms with Gasteiger partial charge in [-0.15, -0.1) is 0 Å². The first-order chi connectivity index (χ1) is 12.3. The molecule has 2 aromatic heterocycles. The zero-order valence-corrected chi connectivity index (χ0v) is 14.6. The van der Waals surface area contributed by atoms with Crippen LogP contribution in [0.3, 0.4) is 0 Å². The van der Waals surface area contributed by atoms with Crippen molar-refractivity contribution in [1.29, 1.82) is 0 Å². The summed E-state index contributed by atoms with van der Waals surface area (Å²) in [6.45, 7) is 4.28. The van der Waals surface area contributed by atoms with Gasteiger partial charge in [0.15, 0.2) is 5.65 Å². The molecule has 1 aliphatic carbocycles. The zero-order chi connectivity index (χ0) is 18.9. The van der Waals surface area contributed by atoms with E-state index >= 15 is 0 Å². The van der Waals surface area contributed by atoms with Gasteiger partial charge in [-0.1, -0.05) is 35.9 Å². The molecule has 3 aromatic rings. The van der Waals surface area contributed by atoms with Crippen molar-refractivity contribution in [1.82, 2.24) is 19.5 Å². The van der Waals surface area contributed by atoms with E-state index in [4.69, 9.17) is 5.73 Å². The second-order valence-corrected chi connectivity index (χ2v) is 6.25. The summed E-state index contributed by atoms with van der Waals surface area (Å²) in [6, 6.07) is 10.3. The van der Waals surface area contributed by atoms with Crippen LogP contribution in [0.25, 0.3) is 11.2 Å². The topological polar surface area (TPSA) is 69.6 Å². The van der Waals surface area contributed by atoms with E-state index in [0.717, 1.165) is 12.8 Å². The van der Waals surface area contributed by atoms with Gasteiger partial charge in [-0.05, 0) is 26.7 Å². The number of nitrogen functional groups attached to an aromatic ring is 1. The minimum absolute atomic E-state index is 0.0474. The van der Waals surface area contributed by atoms with Gasteiger partial charge < -0.3 is 5.73 Å². The predicted molar refractivity (Wildman–Crippen MR) is 93.6 cm³/mol. The van der Waals surface area contributed by atoms with Crippen LogP contribution in [0.2, 0.25) is 0 Å². The molecule has 26 heavy (non-hydrogen) atoms. The molecule has 0 aliphatic heterocycles. The smallest absolute Gasteiger partial charge is 0.369 e.